The minimum atomic E-state index is -2.67. The molecule has 0 aliphatic rings. The Morgan fingerprint density at radius 2 is 2.07 bits per heavy atom. The average Bonchev–Trinajstić information content (AvgIpc) is 3.21. The summed E-state index contributed by atoms with van der Waals surface area (Å²) in [6.07, 6.45) is 3.04. The third kappa shape index (κ3) is 4.05. The van der Waals surface area contributed by atoms with Gasteiger partial charge in [-0.05, 0) is 60.5 Å². The first-order valence-electron chi connectivity index (χ1n) is 11.6. The highest BCUT2D eigenvalue weighted by atomic mass is 16.5. The van der Waals surface area contributed by atoms with E-state index in [1.165, 1.54) is 22.9 Å². The molecule has 4 rings (SSSR count). The molecule has 0 fully saturated rings. The third-order valence-corrected chi connectivity index (χ3v) is 4.50. The summed E-state index contributed by atoms with van der Waals surface area (Å²) in [5.74, 6) is 0.222. The lowest BCUT2D eigenvalue weighted by molar-refractivity contribution is 0.262. The van der Waals surface area contributed by atoms with E-state index in [4.69, 9.17) is 17.3 Å². The molecule has 2 aromatic carbocycles. The number of urea groups is 1. The summed E-state index contributed by atoms with van der Waals surface area (Å²) >= 11 is 0. The van der Waals surface area contributed by atoms with Crippen LogP contribution in [0.1, 0.15) is 18.0 Å². The number of ether oxygens (including phenoxy) is 1. The molecule has 0 unspecified atom stereocenters. The second kappa shape index (κ2) is 8.16. The second-order valence-corrected chi connectivity index (χ2v) is 6.69. The van der Waals surface area contributed by atoms with Gasteiger partial charge < -0.3 is 25.7 Å². The number of anilines is 3. The molecule has 0 aliphatic heterocycles. The molecule has 4 aromatic rings. The largest absolute Gasteiger partial charge is 0.495 e. The highest BCUT2D eigenvalue weighted by Gasteiger charge is 2.11. The van der Waals surface area contributed by atoms with Crippen LogP contribution in [0.3, 0.4) is 0 Å². The summed E-state index contributed by atoms with van der Waals surface area (Å²) in [6.45, 7) is -0.126. The van der Waals surface area contributed by atoms with Crippen molar-refractivity contribution < 1.29 is 16.4 Å². The first-order valence-corrected chi connectivity index (χ1v) is 9.14. The van der Waals surface area contributed by atoms with Gasteiger partial charge in [-0.15, -0.1) is 0 Å². The van der Waals surface area contributed by atoms with E-state index in [-0.39, 0.29) is 17.3 Å². The Hall–Kier alpha value is -4.00. The van der Waals surface area contributed by atoms with Crippen molar-refractivity contribution in [2.75, 3.05) is 23.4 Å². The van der Waals surface area contributed by atoms with Crippen LogP contribution in [0.15, 0.2) is 67.0 Å². The van der Waals surface area contributed by atoms with Gasteiger partial charge in [-0.3, -0.25) is 0 Å². The molecule has 7 nitrogen and oxygen atoms in total. The number of methoxy groups -OCH3 is 1. The maximum atomic E-state index is 12.8. The number of nitrogen functional groups attached to an aromatic ring is 1. The lowest BCUT2D eigenvalue weighted by atomic mass is 10.2. The predicted molar refractivity (Wildman–Crippen MR) is 120 cm³/mol. The van der Waals surface area contributed by atoms with E-state index in [0.29, 0.717) is 22.2 Å². The second-order valence-electron chi connectivity index (χ2n) is 6.69. The Morgan fingerprint density at radius 3 is 2.90 bits per heavy atom. The SMILES string of the molecule is [2H]C([2H])([2H])Oc1ccc(C)cc1NC(=O)Nc1cccc2c1ccn2C([2H])([2H])c1ccnc(N)c1. The van der Waals surface area contributed by atoms with Crippen molar-refractivity contribution in [2.45, 2.75) is 13.4 Å². The van der Waals surface area contributed by atoms with E-state index in [1.807, 2.05) is 0 Å². The van der Waals surface area contributed by atoms with Gasteiger partial charge in [-0.2, -0.15) is 0 Å². The molecule has 2 amide bonds. The fraction of sp³-hybridized carbons (Fsp3) is 0.130. The smallest absolute Gasteiger partial charge is 0.323 e. The minimum absolute atomic E-state index is 0.0138. The van der Waals surface area contributed by atoms with Crippen molar-refractivity contribution in [1.82, 2.24) is 9.55 Å². The number of benzene rings is 2. The van der Waals surface area contributed by atoms with Crippen LogP contribution in [0.4, 0.5) is 22.0 Å². The van der Waals surface area contributed by atoms with E-state index in [1.54, 1.807) is 55.6 Å². The first kappa shape index (κ1) is 14.1. The van der Waals surface area contributed by atoms with Crippen molar-refractivity contribution in [1.29, 1.82) is 0 Å². The maximum Gasteiger partial charge on any atom is 0.323 e. The molecule has 0 bridgehead atoms. The molecule has 2 heterocycles. The van der Waals surface area contributed by atoms with E-state index in [9.17, 15) is 4.79 Å². The zero-order chi connectivity index (χ0) is 25.4. The van der Waals surface area contributed by atoms with Crippen LogP contribution in [0.2, 0.25) is 0 Å². The molecule has 0 saturated heterocycles. The summed E-state index contributed by atoms with van der Waals surface area (Å²) in [5, 5.41) is 5.98. The summed E-state index contributed by atoms with van der Waals surface area (Å²) in [7, 11) is -2.67. The Bertz CT molecular complexity index is 1400. The molecular formula is C23H23N5O2. The molecule has 4 N–H and O–H groups in total. The quantitative estimate of drug-likeness (QED) is 0.450. The number of hydrogen-bond acceptors (Lipinski definition) is 4. The minimum Gasteiger partial charge on any atom is -0.495 e. The lowest BCUT2D eigenvalue weighted by Crippen LogP contribution is -2.20. The van der Waals surface area contributed by atoms with Gasteiger partial charge in [0.25, 0.3) is 0 Å². The van der Waals surface area contributed by atoms with Crippen LogP contribution in [-0.2, 0) is 6.50 Å². The number of pyridine rings is 1. The summed E-state index contributed by atoms with van der Waals surface area (Å²) < 4.78 is 45.8. The fourth-order valence-electron chi connectivity index (χ4n) is 3.14. The number of aromatic nitrogens is 2. The van der Waals surface area contributed by atoms with Gasteiger partial charge in [0.15, 0.2) is 0 Å². The number of hydrogen-bond donors (Lipinski definition) is 3. The van der Waals surface area contributed by atoms with Gasteiger partial charge in [0, 0.05) is 24.3 Å². The molecule has 0 saturated carbocycles. The van der Waals surface area contributed by atoms with Crippen LogP contribution in [0.25, 0.3) is 10.9 Å². The summed E-state index contributed by atoms with van der Waals surface area (Å²) in [5.41, 5.74) is 8.06. The predicted octanol–water partition coefficient (Wildman–Crippen LogP) is 4.63. The van der Waals surface area contributed by atoms with Crippen molar-refractivity contribution in [2.24, 2.45) is 0 Å². The molecule has 0 spiro atoms. The molecular weight excluding hydrogens is 378 g/mol. The van der Waals surface area contributed by atoms with Crippen LogP contribution >= 0.6 is 0 Å². The van der Waals surface area contributed by atoms with Crippen LogP contribution in [0, 0.1) is 6.92 Å². The van der Waals surface area contributed by atoms with Crippen molar-refractivity contribution in [3.05, 3.63) is 78.1 Å². The number of nitrogens with two attached hydrogens (primary N) is 1. The van der Waals surface area contributed by atoms with E-state index < -0.39 is 19.6 Å². The number of nitrogens with one attached hydrogen (secondary N) is 2. The standard InChI is InChI=1S/C23H23N5O2/c1-15-6-7-21(30-2)19(12-15)27-23(29)26-18-4-3-5-20-17(18)9-11-28(20)14-16-8-10-25-22(24)13-16/h3-13H,14H2,1-2H3,(H2,24,25)(H2,26,27,29)/i2D3,14D2. The van der Waals surface area contributed by atoms with E-state index in [2.05, 4.69) is 15.6 Å². The van der Waals surface area contributed by atoms with Gasteiger partial charge in [-0.25, -0.2) is 9.78 Å². The molecule has 7 heteroatoms. The normalized spacial score (nSPS) is 14.1. The van der Waals surface area contributed by atoms with Crippen LogP contribution in [-0.4, -0.2) is 22.6 Å². The zero-order valence-electron chi connectivity index (χ0n) is 21.1. The van der Waals surface area contributed by atoms with Gasteiger partial charge in [0.1, 0.15) is 11.6 Å². The number of rotatable bonds is 5. The molecule has 0 aliphatic carbocycles. The van der Waals surface area contributed by atoms with Crippen LogP contribution < -0.4 is 21.1 Å². The van der Waals surface area contributed by atoms with Gasteiger partial charge in [0.2, 0.25) is 0 Å². The third-order valence-electron chi connectivity index (χ3n) is 4.50. The lowest BCUT2D eigenvalue weighted by Gasteiger charge is -2.13. The molecule has 152 valence electrons. The number of fused-ring (bicyclic) bond motifs is 1. The van der Waals surface area contributed by atoms with E-state index in [0.717, 1.165) is 5.56 Å². The van der Waals surface area contributed by atoms with Crippen molar-refractivity contribution >= 4 is 34.1 Å². The molecule has 30 heavy (non-hydrogen) atoms. The van der Waals surface area contributed by atoms with Crippen LogP contribution in [0.5, 0.6) is 5.75 Å². The Morgan fingerprint density at radius 1 is 1.20 bits per heavy atom. The number of aryl methyl sites for hydroxylation is 1. The van der Waals surface area contributed by atoms with Gasteiger partial charge >= 0.3 is 6.03 Å². The Labute approximate surface area is 181 Å². The average molecular weight is 407 g/mol. The number of amides is 2. The Kier molecular flexibility index (Phi) is 3.83. The number of nitrogens with zero attached hydrogens (tertiary/aromatic N) is 2. The fourth-order valence-corrected chi connectivity index (χ4v) is 3.14. The Balaban J connectivity index is 1.62. The maximum absolute atomic E-state index is 12.8. The van der Waals surface area contributed by atoms with Crippen molar-refractivity contribution in [3.63, 3.8) is 0 Å². The monoisotopic (exact) mass is 406 g/mol. The van der Waals surface area contributed by atoms with E-state index >= 15 is 0 Å². The summed E-state index contributed by atoms with van der Waals surface area (Å²) in [4.78, 5) is 16.7. The highest BCUT2D eigenvalue weighted by molar-refractivity contribution is 6.06. The molecule has 2 aromatic heterocycles. The number of carbonyl (C=O) groups excluding carboxylic acids is 1. The summed E-state index contributed by atoms with van der Waals surface area (Å²) in [6, 6.07) is 14.0. The molecule has 0 radical (unpaired) electrons. The first-order chi connectivity index (χ1) is 16.4. The molecule has 0 atom stereocenters. The van der Waals surface area contributed by atoms with Gasteiger partial charge in [0.05, 0.1) is 30.8 Å². The topological polar surface area (TPSA) is 94.2 Å². The van der Waals surface area contributed by atoms with Crippen molar-refractivity contribution in [3.8, 4) is 5.75 Å². The number of carbonyl (C=O) groups is 1. The highest BCUT2D eigenvalue weighted by Crippen LogP contribution is 2.28. The zero-order valence-corrected chi connectivity index (χ0v) is 16.1. The van der Waals surface area contributed by atoms with Gasteiger partial charge in [-0.1, -0.05) is 12.1 Å².